The summed E-state index contributed by atoms with van der Waals surface area (Å²) >= 11 is 0. The Labute approximate surface area is 116 Å². The van der Waals surface area contributed by atoms with Gasteiger partial charge in [-0.15, -0.1) is 0 Å². The summed E-state index contributed by atoms with van der Waals surface area (Å²) in [6, 6.07) is 19.2. The highest BCUT2D eigenvalue weighted by atomic mass is 16.6. The molecule has 0 spiro atoms. The number of ether oxygens (including phenoxy) is 1. The molecule has 0 aromatic heterocycles. The fraction of sp³-hybridized carbons (Fsp3) is 0.125. The van der Waals surface area contributed by atoms with E-state index in [1.807, 2.05) is 60.7 Å². The molecule has 3 rings (SSSR count). The molecule has 2 aromatic rings. The van der Waals surface area contributed by atoms with Crippen molar-refractivity contribution in [3.8, 4) is 0 Å². The van der Waals surface area contributed by atoms with Crippen molar-refractivity contribution in [1.82, 2.24) is 0 Å². The minimum absolute atomic E-state index is 0.347. The number of hydrogen-bond acceptors (Lipinski definition) is 2. The summed E-state index contributed by atoms with van der Waals surface area (Å²) in [6.07, 6.45) is 0.237. The van der Waals surface area contributed by atoms with E-state index in [1.165, 1.54) is 0 Å². The largest absolute Gasteiger partial charge is 0.361 e. The Bertz CT molecular complexity index is 637. The molecule has 4 nitrogen and oxygen atoms in total. The molecule has 98 valence electrons. The zero-order valence-electron chi connectivity index (χ0n) is 10.6. The Hall–Kier alpha value is -2.55. The van der Waals surface area contributed by atoms with E-state index in [-0.39, 0.29) is 5.78 Å². The molecule has 1 aliphatic rings. The molecular formula is C16H12N2O2. The van der Waals surface area contributed by atoms with Gasteiger partial charge in [0.25, 0.3) is 5.78 Å². The van der Waals surface area contributed by atoms with Gasteiger partial charge in [-0.05, 0) is 11.1 Å². The monoisotopic (exact) mass is 264 g/mol. The van der Waals surface area contributed by atoms with E-state index in [9.17, 15) is 4.79 Å². The maximum atomic E-state index is 11.9. The van der Waals surface area contributed by atoms with Crippen molar-refractivity contribution in [1.29, 1.82) is 0 Å². The summed E-state index contributed by atoms with van der Waals surface area (Å²) in [5, 5.41) is 0. The fourth-order valence-electron chi connectivity index (χ4n) is 2.51. The Kier molecular flexibility index (Phi) is 3.03. The number of benzene rings is 2. The molecular weight excluding hydrogens is 252 g/mol. The lowest BCUT2D eigenvalue weighted by atomic mass is 9.87. The average Bonchev–Trinajstić information content (AvgIpc) is 3.26. The smallest absolute Gasteiger partial charge is 0.326 e. The third-order valence-electron chi connectivity index (χ3n) is 3.46. The van der Waals surface area contributed by atoms with E-state index in [2.05, 4.69) is 4.79 Å². The highest BCUT2D eigenvalue weighted by molar-refractivity contribution is 6.28. The van der Waals surface area contributed by atoms with Gasteiger partial charge in [-0.3, -0.25) is 4.79 Å². The van der Waals surface area contributed by atoms with Crippen LogP contribution in [-0.2, 0) is 15.1 Å². The van der Waals surface area contributed by atoms with Crippen LogP contribution in [0.5, 0.6) is 0 Å². The molecule has 0 bridgehead atoms. The zero-order valence-corrected chi connectivity index (χ0v) is 10.6. The normalized spacial score (nSPS) is 18.9. The third-order valence-corrected chi connectivity index (χ3v) is 3.46. The number of nitrogens with zero attached hydrogens (tertiary/aromatic N) is 2. The van der Waals surface area contributed by atoms with Crippen LogP contribution in [0.2, 0.25) is 0 Å². The lowest BCUT2D eigenvalue weighted by molar-refractivity contribution is -0.117. The van der Waals surface area contributed by atoms with Gasteiger partial charge in [-0.25, -0.2) is 0 Å². The first-order chi connectivity index (χ1) is 9.79. The van der Waals surface area contributed by atoms with Crippen LogP contribution in [0.3, 0.4) is 0 Å². The SMILES string of the molecule is [N-]=[N+]=CC(=O)C1OC1(c1ccccc1)c1ccccc1. The molecule has 0 amide bonds. The van der Waals surface area contributed by atoms with Gasteiger partial charge in [0.2, 0.25) is 0 Å². The second-order valence-electron chi connectivity index (χ2n) is 4.61. The van der Waals surface area contributed by atoms with Gasteiger partial charge >= 0.3 is 6.21 Å². The quantitative estimate of drug-likeness (QED) is 0.368. The second-order valence-corrected chi connectivity index (χ2v) is 4.61. The van der Waals surface area contributed by atoms with Crippen LogP contribution in [0, 0.1) is 0 Å². The number of ketones is 1. The summed E-state index contributed by atoms with van der Waals surface area (Å²) in [7, 11) is 0. The predicted molar refractivity (Wildman–Crippen MR) is 73.2 cm³/mol. The van der Waals surface area contributed by atoms with Gasteiger partial charge in [0.05, 0.1) is 0 Å². The molecule has 1 saturated heterocycles. The van der Waals surface area contributed by atoms with E-state index in [1.54, 1.807) is 0 Å². The molecule has 0 aliphatic carbocycles. The summed E-state index contributed by atoms with van der Waals surface area (Å²) in [5.41, 5.74) is 9.57. The van der Waals surface area contributed by atoms with Crippen LogP contribution in [-0.4, -0.2) is 22.9 Å². The lowest BCUT2D eigenvalue weighted by Crippen LogP contribution is -2.21. The average molecular weight is 264 g/mol. The number of Topliss-reactive ketones (excluding diaryl/α,β-unsaturated/α-hetero) is 1. The topological polar surface area (TPSA) is 66.0 Å². The van der Waals surface area contributed by atoms with E-state index < -0.39 is 11.7 Å². The summed E-state index contributed by atoms with van der Waals surface area (Å²) in [6.45, 7) is 0. The first kappa shape index (κ1) is 12.5. The molecule has 4 heteroatoms. The van der Waals surface area contributed by atoms with Crippen molar-refractivity contribution in [2.45, 2.75) is 11.7 Å². The molecule has 1 aliphatic heterocycles. The molecule has 1 heterocycles. The highest BCUT2D eigenvalue weighted by Gasteiger charge is 2.63. The van der Waals surface area contributed by atoms with E-state index in [4.69, 9.17) is 10.3 Å². The number of hydrogen-bond donors (Lipinski definition) is 0. The fourth-order valence-corrected chi connectivity index (χ4v) is 2.51. The maximum Gasteiger partial charge on any atom is 0.326 e. The molecule has 0 radical (unpaired) electrons. The maximum absolute atomic E-state index is 11.9. The van der Waals surface area contributed by atoms with Crippen molar-refractivity contribution in [2.24, 2.45) is 0 Å². The zero-order chi connectivity index (χ0) is 14.0. The molecule has 2 aromatic carbocycles. The van der Waals surface area contributed by atoms with Gasteiger partial charge in [0.1, 0.15) is 0 Å². The number of rotatable bonds is 4. The second kappa shape index (κ2) is 4.85. The molecule has 0 saturated carbocycles. The van der Waals surface area contributed by atoms with E-state index >= 15 is 0 Å². The van der Waals surface area contributed by atoms with E-state index in [0.717, 1.165) is 17.3 Å². The number of carbonyl (C=O) groups is 1. The molecule has 1 fully saturated rings. The van der Waals surface area contributed by atoms with Crippen LogP contribution in [0.1, 0.15) is 11.1 Å². The van der Waals surface area contributed by atoms with Gasteiger partial charge < -0.3 is 10.3 Å². The Morgan fingerprint density at radius 1 is 1.05 bits per heavy atom. The summed E-state index contributed by atoms with van der Waals surface area (Å²) in [4.78, 5) is 14.7. The van der Waals surface area contributed by atoms with Crippen LogP contribution >= 0.6 is 0 Å². The highest BCUT2D eigenvalue weighted by Crippen LogP contribution is 2.51. The van der Waals surface area contributed by atoms with Gasteiger partial charge in [0.15, 0.2) is 11.7 Å². The van der Waals surface area contributed by atoms with Crippen molar-refractivity contribution in [2.75, 3.05) is 0 Å². The first-order valence-corrected chi connectivity index (χ1v) is 6.29. The first-order valence-electron chi connectivity index (χ1n) is 6.29. The minimum atomic E-state index is -0.777. The van der Waals surface area contributed by atoms with Crippen LogP contribution < -0.4 is 0 Å². The minimum Gasteiger partial charge on any atom is -0.361 e. The Balaban J connectivity index is 2.08. The predicted octanol–water partition coefficient (Wildman–Crippen LogP) is 2.20. The van der Waals surface area contributed by atoms with Gasteiger partial charge in [-0.2, -0.15) is 4.79 Å². The van der Waals surface area contributed by atoms with Crippen LogP contribution in [0.25, 0.3) is 5.53 Å². The van der Waals surface area contributed by atoms with Crippen molar-refractivity contribution < 1.29 is 14.3 Å². The Morgan fingerprint density at radius 3 is 2.00 bits per heavy atom. The van der Waals surface area contributed by atoms with Gasteiger partial charge in [-0.1, -0.05) is 60.7 Å². The van der Waals surface area contributed by atoms with Crippen molar-refractivity contribution in [3.05, 3.63) is 77.3 Å². The number of epoxide rings is 1. The molecule has 1 unspecified atom stereocenters. The standard InChI is InChI=1S/C16H12N2O2/c17-18-11-14(19)15-16(20-15,12-7-3-1-4-8-12)13-9-5-2-6-10-13/h1-11,15H. The van der Waals surface area contributed by atoms with Gasteiger partial charge in [0, 0.05) is 0 Å². The Morgan fingerprint density at radius 2 is 1.55 bits per heavy atom. The lowest BCUT2D eigenvalue weighted by Gasteiger charge is -2.13. The van der Waals surface area contributed by atoms with Crippen molar-refractivity contribution in [3.63, 3.8) is 0 Å². The third kappa shape index (κ3) is 1.88. The summed E-state index contributed by atoms with van der Waals surface area (Å²) < 4.78 is 5.74. The molecule has 0 N–H and O–H groups in total. The number of carbonyl (C=O) groups excluding carboxylic acids is 1. The van der Waals surface area contributed by atoms with Crippen LogP contribution in [0.15, 0.2) is 60.7 Å². The van der Waals surface area contributed by atoms with Crippen LogP contribution in [0.4, 0.5) is 0 Å². The van der Waals surface area contributed by atoms with E-state index in [0.29, 0.717) is 0 Å². The molecule has 20 heavy (non-hydrogen) atoms. The summed E-state index contributed by atoms with van der Waals surface area (Å²) in [5.74, 6) is -0.347. The molecule has 1 atom stereocenters. The van der Waals surface area contributed by atoms with Crippen molar-refractivity contribution >= 4 is 12.0 Å².